The van der Waals surface area contributed by atoms with Crippen LogP contribution in [0.5, 0.6) is 0 Å². The zero-order chi connectivity index (χ0) is 21.1. The van der Waals surface area contributed by atoms with Gasteiger partial charge < -0.3 is 5.32 Å². The van der Waals surface area contributed by atoms with Crippen molar-refractivity contribution in [2.75, 3.05) is 19.6 Å². The molecule has 4 rings (SSSR count). The lowest BCUT2D eigenvalue weighted by molar-refractivity contribution is -0.120. The van der Waals surface area contributed by atoms with Crippen molar-refractivity contribution in [3.8, 4) is 0 Å². The van der Waals surface area contributed by atoms with Crippen LogP contribution in [-0.4, -0.2) is 35.4 Å². The molecule has 1 fully saturated rings. The van der Waals surface area contributed by atoms with Crippen molar-refractivity contribution in [2.24, 2.45) is 0 Å². The quantitative estimate of drug-likeness (QED) is 0.609. The van der Waals surface area contributed by atoms with Crippen LogP contribution in [0.25, 0.3) is 10.9 Å². The molecule has 1 aromatic heterocycles. The minimum atomic E-state index is 0.0320. The van der Waals surface area contributed by atoms with E-state index in [9.17, 15) is 4.79 Å². The minimum Gasteiger partial charge on any atom is -0.354 e. The number of benzene rings is 2. The number of carbonyl (C=O) groups excluding carboxylic acids is 1. The van der Waals surface area contributed by atoms with Gasteiger partial charge in [-0.1, -0.05) is 41.9 Å². The first-order valence-corrected chi connectivity index (χ1v) is 11.0. The molecule has 30 heavy (non-hydrogen) atoms. The van der Waals surface area contributed by atoms with Crippen LogP contribution in [0.4, 0.5) is 0 Å². The third-order valence-electron chi connectivity index (χ3n) is 6.13. The first-order chi connectivity index (χ1) is 14.5. The Bertz CT molecular complexity index is 1060. The summed E-state index contributed by atoms with van der Waals surface area (Å²) in [4.78, 5) is 20.0. The lowest BCUT2D eigenvalue weighted by atomic mass is 9.99. The molecule has 1 aliphatic heterocycles. The Labute approximate surface area is 183 Å². The second-order valence-corrected chi connectivity index (χ2v) is 8.55. The highest BCUT2D eigenvalue weighted by Gasteiger charge is 2.24. The fraction of sp³-hybridized carbons (Fsp3) is 0.360. The van der Waals surface area contributed by atoms with E-state index < -0.39 is 0 Å². The SMILES string of the molecule is Cc1nc2ccccc2c(C)c1CC(=O)NCC(c1cccc(Cl)c1)N1CCCC1. The number of amides is 1. The van der Waals surface area contributed by atoms with Gasteiger partial charge in [0, 0.05) is 22.6 Å². The number of likely N-dealkylation sites (tertiary alicyclic amines) is 1. The van der Waals surface area contributed by atoms with Crippen LogP contribution in [-0.2, 0) is 11.2 Å². The summed E-state index contributed by atoms with van der Waals surface area (Å²) in [6.45, 7) is 6.76. The van der Waals surface area contributed by atoms with Crippen LogP contribution in [0.2, 0.25) is 5.02 Å². The van der Waals surface area contributed by atoms with E-state index in [1.165, 1.54) is 12.8 Å². The first-order valence-electron chi connectivity index (χ1n) is 10.6. The van der Waals surface area contributed by atoms with E-state index >= 15 is 0 Å². The molecule has 1 aliphatic rings. The van der Waals surface area contributed by atoms with Crippen LogP contribution in [0, 0.1) is 13.8 Å². The molecule has 1 N–H and O–H groups in total. The second-order valence-electron chi connectivity index (χ2n) is 8.11. The number of hydrogen-bond donors (Lipinski definition) is 1. The average molecular weight is 422 g/mol. The number of rotatable bonds is 6. The normalized spacial score (nSPS) is 15.4. The van der Waals surface area contributed by atoms with Crippen LogP contribution in [0.3, 0.4) is 0 Å². The fourth-order valence-electron chi connectivity index (χ4n) is 4.49. The van der Waals surface area contributed by atoms with Gasteiger partial charge in [-0.2, -0.15) is 0 Å². The van der Waals surface area contributed by atoms with Gasteiger partial charge in [-0.3, -0.25) is 14.7 Å². The van der Waals surface area contributed by atoms with Crippen molar-refractivity contribution < 1.29 is 4.79 Å². The summed E-state index contributed by atoms with van der Waals surface area (Å²) in [5, 5.41) is 5.02. The Balaban J connectivity index is 1.50. The molecular formula is C25H28ClN3O. The number of aryl methyl sites for hydroxylation is 2. The van der Waals surface area contributed by atoms with Crippen molar-refractivity contribution in [1.82, 2.24) is 15.2 Å². The van der Waals surface area contributed by atoms with Crippen molar-refractivity contribution in [2.45, 2.75) is 39.2 Å². The van der Waals surface area contributed by atoms with Crippen LogP contribution >= 0.6 is 11.6 Å². The van der Waals surface area contributed by atoms with E-state index in [4.69, 9.17) is 16.6 Å². The monoisotopic (exact) mass is 421 g/mol. The summed E-state index contributed by atoms with van der Waals surface area (Å²) in [6.07, 6.45) is 2.75. The van der Waals surface area contributed by atoms with E-state index in [1.54, 1.807) is 0 Å². The summed E-state index contributed by atoms with van der Waals surface area (Å²) in [7, 11) is 0. The molecule has 2 aromatic carbocycles. The Kier molecular flexibility index (Phi) is 6.35. The molecule has 5 heteroatoms. The maximum absolute atomic E-state index is 12.9. The molecule has 1 saturated heterocycles. The Hall–Kier alpha value is -2.43. The predicted molar refractivity (Wildman–Crippen MR) is 123 cm³/mol. The largest absolute Gasteiger partial charge is 0.354 e. The lowest BCUT2D eigenvalue weighted by Crippen LogP contribution is -2.37. The Morgan fingerprint density at radius 1 is 1.13 bits per heavy atom. The van der Waals surface area contributed by atoms with Gasteiger partial charge >= 0.3 is 0 Å². The molecule has 1 atom stereocenters. The number of fused-ring (bicyclic) bond motifs is 1. The van der Waals surface area contributed by atoms with E-state index in [1.807, 2.05) is 43.3 Å². The minimum absolute atomic E-state index is 0.0320. The highest BCUT2D eigenvalue weighted by atomic mass is 35.5. The number of nitrogens with one attached hydrogen (secondary N) is 1. The first kappa shape index (κ1) is 20.8. The number of para-hydroxylation sites is 1. The van der Waals surface area contributed by atoms with Crippen molar-refractivity contribution in [3.63, 3.8) is 0 Å². The second kappa shape index (κ2) is 9.15. The van der Waals surface area contributed by atoms with Gasteiger partial charge in [0.2, 0.25) is 5.91 Å². The molecule has 156 valence electrons. The average Bonchev–Trinajstić information content (AvgIpc) is 3.26. The van der Waals surface area contributed by atoms with E-state index in [0.717, 1.165) is 51.4 Å². The standard InChI is InChI=1S/C25H28ClN3O/c1-17-21-10-3-4-11-23(21)28-18(2)22(17)15-25(30)27-16-24(29-12-5-6-13-29)19-8-7-9-20(26)14-19/h3-4,7-11,14,24H,5-6,12-13,15-16H2,1-2H3,(H,27,30). The van der Waals surface area contributed by atoms with Gasteiger partial charge in [0.25, 0.3) is 0 Å². The maximum atomic E-state index is 12.9. The summed E-state index contributed by atoms with van der Waals surface area (Å²) < 4.78 is 0. The number of aromatic nitrogens is 1. The molecule has 1 amide bonds. The molecular weight excluding hydrogens is 394 g/mol. The van der Waals surface area contributed by atoms with E-state index in [0.29, 0.717) is 13.0 Å². The summed E-state index contributed by atoms with van der Waals surface area (Å²) in [5.41, 5.74) is 5.22. The molecule has 2 heterocycles. The molecule has 0 spiro atoms. The zero-order valence-corrected chi connectivity index (χ0v) is 18.4. The number of halogens is 1. The van der Waals surface area contributed by atoms with E-state index in [-0.39, 0.29) is 11.9 Å². The molecule has 4 nitrogen and oxygen atoms in total. The molecule has 0 aliphatic carbocycles. The zero-order valence-electron chi connectivity index (χ0n) is 17.6. The van der Waals surface area contributed by atoms with Gasteiger partial charge in [-0.25, -0.2) is 0 Å². The van der Waals surface area contributed by atoms with Crippen LogP contribution < -0.4 is 5.32 Å². The molecule has 3 aromatic rings. The fourth-order valence-corrected chi connectivity index (χ4v) is 4.69. The molecule has 0 bridgehead atoms. The number of nitrogens with zero attached hydrogens (tertiary/aromatic N) is 2. The summed E-state index contributed by atoms with van der Waals surface area (Å²) in [6, 6.07) is 16.2. The van der Waals surface area contributed by atoms with Gasteiger partial charge in [-0.05, 0) is 74.7 Å². The van der Waals surface area contributed by atoms with Crippen LogP contribution in [0.15, 0.2) is 48.5 Å². The van der Waals surface area contributed by atoms with Crippen molar-refractivity contribution in [3.05, 3.63) is 75.9 Å². The van der Waals surface area contributed by atoms with Gasteiger partial charge in [0.1, 0.15) is 0 Å². The van der Waals surface area contributed by atoms with Crippen LogP contribution in [0.1, 0.15) is 41.3 Å². The van der Waals surface area contributed by atoms with Gasteiger partial charge in [0.15, 0.2) is 0 Å². The summed E-state index contributed by atoms with van der Waals surface area (Å²) >= 11 is 6.24. The lowest BCUT2D eigenvalue weighted by Gasteiger charge is -2.28. The predicted octanol–water partition coefficient (Wildman–Crippen LogP) is 5.00. The van der Waals surface area contributed by atoms with Crippen molar-refractivity contribution in [1.29, 1.82) is 0 Å². The highest BCUT2D eigenvalue weighted by molar-refractivity contribution is 6.30. The Morgan fingerprint density at radius 3 is 2.67 bits per heavy atom. The third kappa shape index (κ3) is 4.50. The summed E-state index contributed by atoms with van der Waals surface area (Å²) in [5.74, 6) is 0.0320. The molecule has 1 unspecified atom stereocenters. The number of hydrogen-bond acceptors (Lipinski definition) is 3. The maximum Gasteiger partial charge on any atom is 0.224 e. The number of carbonyl (C=O) groups is 1. The highest BCUT2D eigenvalue weighted by Crippen LogP contribution is 2.27. The van der Waals surface area contributed by atoms with Gasteiger partial charge in [-0.15, -0.1) is 0 Å². The molecule has 0 saturated carbocycles. The Morgan fingerprint density at radius 2 is 1.90 bits per heavy atom. The number of pyridine rings is 1. The van der Waals surface area contributed by atoms with Gasteiger partial charge in [0.05, 0.1) is 18.0 Å². The molecule has 0 radical (unpaired) electrons. The smallest absolute Gasteiger partial charge is 0.224 e. The van der Waals surface area contributed by atoms with E-state index in [2.05, 4.69) is 29.3 Å². The van der Waals surface area contributed by atoms with Crippen molar-refractivity contribution >= 4 is 28.4 Å². The third-order valence-corrected chi connectivity index (χ3v) is 6.37. The topological polar surface area (TPSA) is 45.2 Å².